The van der Waals surface area contributed by atoms with Gasteiger partial charge < -0.3 is 15.2 Å². The smallest absolute Gasteiger partial charge is 0.282 e. The van der Waals surface area contributed by atoms with Gasteiger partial charge in [-0.25, -0.2) is 4.39 Å². The van der Waals surface area contributed by atoms with E-state index >= 15 is 0 Å². The van der Waals surface area contributed by atoms with Crippen molar-refractivity contribution >= 4 is 23.3 Å². The van der Waals surface area contributed by atoms with Crippen molar-refractivity contribution in [1.82, 2.24) is 0 Å². The SMILES string of the molecule is O=C([O-])c1cccc([N+](=O)[O-])c1C(=O)Nc1cccc(F)c1. The summed E-state index contributed by atoms with van der Waals surface area (Å²) in [7, 11) is 0. The molecule has 8 heteroatoms. The van der Waals surface area contributed by atoms with Crippen molar-refractivity contribution in [3.63, 3.8) is 0 Å². The Bertz CT molecular complexity index is 743. The normalized spacial score (nSPS) is 10.0. The van der Waals surface area contributed by atoms with Crippen LogP contribution in [0.4, 0.5) is 15.8 Å². The van der Waals surface area contributed by atoms with Gasteiger partial charge in [0, 0.05) is 17.3 Å². The third kappa shape index (κ3) is 3.06. The van der Waals surface area contributed by atoms with Crippen molar-refractivity contribution in [2.45, 2.75) is 0 Å². The number of nitrogens with zero attached hydrogens (tertiary/aromatic N) is 1. The molecule has 0 spiro atoms. The second-order valence-corrected chi connectivity index (χ2v) is 4.21. The number of carbonyl (C=O) groups is 2. The lowest BCUT2D eigenvalue weighted by molar-refractivity contribution is -0.385. The molecule has 1 amide bonds. The number of anilines is 1. The number of nitro groups is 1. The van der Waals surface area contributed by atoms with Crippen LogP contribution in [-0.2, 0) is 0 Å². The number of nitro benzene ring substituents is 1. The second-order valence-electron chi connectivity index (χ2n) is 4.21. The topological polar surface area (TPSA) is 112 Å². The molecular weight excluding hydrogens is 295 g/mol. The van der Waals surface area contributed by atoms with E-state index in [4.69, 9.17) is 0 Å². The molecule has 0 bridgehead atoms. The van der Waals surface area contributed by atoms with Gasteiger partial charge in [-0.3, -0.25) is 14.9 Å². The number of carbonyl (C=O) groups excluding carboxylic acids is 2. The molecule has 0 aliphatic rings. The second kappa shape index (κ2) is 6.00. The van der Waals surface area contributed by atoms with Crippen LogP contribution in [0.1, 0.15) is 20.7 Å². The highest BCUT2D eigenvalue weighted by molar-refractivity contribution is 6.13. The van der Waals surface area contributed by atoms with E-state index in [0.717, 1.165) is 30.3 Å². The molecule has 0 atom stereocenters. The van der Waals surface area contributed by atoms with Crippen LogP contribution in [0.15, 0.2) is 42.5 Å². The number of carboxylic acids is 1. The Morgan fingerprint density at radius 2 is 1.82 bits per heavy atom. The zero-order chi connectivity index (χ0) is 16.3. The lowest BCUT2D eigenvalue weighted by Crippen LogP contribution is -2.27. The fourth-order valence-electron chi connectivity index (χ4n) is 1.86. The molecule has 0 heterocycles. The maximum absolute atomic E-state index is 13.1. The molecule has 0 aromatic heterocycles. The van der Waals surface area contributed by atoms with Crippen LogP contribution in [0, 0.1) is 15.9 Å². The third-order valence-corrected chi connectivity index (χ3v) is 2.77. The van der Waals surface area contributed by atoms with E-state index in [1.54, 1.807) is 0 Å². The first-order valence-corrected chi connectivity index (χ1v) is 5.96. The van der Waals surface area contributed by atoms with E-state index in [9.17, 15) is 29.2 Å². The first kappa shape index (κ1) is 15.1. The average Bonchev–Trinajstić information content (AvgIpc) is 2.46. The number of hydrogen-bond donors (Lipinski definition) is 1. The van der Waals surface area contributed by atoms with Gasteiger partial charge in [0.25, 0.3) is 11.6 Å². The van der Waals surface area contributed by atoms with Gasteiger partial charge in [0.2, 0.25) is 0 Å². The van der Waals surface area contributed by atoms with Crippen molar-refractivity contribution in [3.05, 3.63) is 69.5 Å². The highest BCUT2D eigenvalue weighted by Crippen LogP contribution is 2.23. The van der Waals surface area contributed by atoms with Crippen molar-refractivity contribution in [3.8, 4) is 0 Å². The maximum Gasteiger partial charge on any atom is 0.282 e. The Morgan fingerprint density at radius 3 is 2.41 bits per heavy atom. The number of nitrogens with one attached hydrogen (secondary N) is 1. The molecule has 7 nitrogen and oxygen atoms in total. The summed E-state index contributed by atoms with van der Waals surface area (Å²) in [4.78, 5) is 33.3. The largest absolute Gasteiger partial charge is 0.545 e. The fraction of sp³-hybridized carbons (Fsp3) is 0. The zero-order valence-electron chi connectivity index (χ0n) is 10.9. The van der Waals surface area contributed by atoms with Crippen molar-refractivity contribution in [2.75, 3.05) is 5.32 Å². The molecule has 22 heavy (non-hydrogen) atoms. The standard InChI is InChI=1S/C14H9FN2O5/c15-8-3-1-4-9(7-8)16-13(18)12-10(14(19)20)5-2-6-11(12)17(21)22/h1-7H,(H,16,18)(H,19,20)/p-1. The van der Waals surface area contributed by atoms with E-state index in [1.165, 1.54) is 12.1 Å². The minimum absolute atomic E-state index is 0.0347. The molecule has 0 unspecified atom stereocenters. The minimum Gasteiger partial charge on any atom is -0.545 e. The van der Waals surface area contributed by atoms with E-state index in [0.29, 0.717) is 0 Å². The van der Waals surface area contributed by atoms with Crippen LogP contribution >= 0.6 is 0 Å². The molecule has 2 aromatic carbocycles. The van der Waals surface area contributed by atoms with Gasteiger partial charge in [-0.15, -0.1) is 0 Å². The maximum atomic E-state index is 13.1. The summed E-state index contributed by atoms with van der Waals surface area (Å²) in [6, 6.07) is 7.95. The van der Waals surface area contributed by atoms with Crippen LogP contribution < -0.4 is 10.4 Å². The molecule has 1 N–H and O–H groups in total. The number of aromatic carboxylic acids is 1. The van der Waals surface area contributed by atoms with E-state index in [-0.39, 0.29) is 5.69 Å². The summed E-state index contributed by atoms with van der Waals surface area (Å²) in [5.41, 5.74) is -1.93. The monoisotopic (exact) mass is 303 g/mol. The lowest BCUT2D eigenvalue weighted by Gasteiger charge is -2.11. The van der Waals surface area contributed by atoms with Gasteiger partial charge in [0.15, 0.2) is 0 Å². The predicted octanol–water partition coefficient (Wildman–Crippen LogP) is 1.35. The van der Waals surface area contributed by atoms with Crippen molar-refractivity contribution in [1.29, 1.82) is 0 Å². The Labute approximate surface area is 123 Å². The number of halogens is 1. The van der Waals surface area contributed by atoms with Gasteiger partial charge in [0.1, 0.15) is 11.4 Å². The summed E-state index contributed by atoms with van der Waals surface area (Å²) in [5.74, 6) is -3.40. The number of rotatable bonds is 4. The molecule has 0 aliphatic carbocycles. The predicted molar refractivity (Wildman–Crippen MR) is 71.8 cm³/mol. The Hall–Kier alpha value is -3.29. The number of carboxylic acid groups (broad SMARTS) is 1. The van der Waals surface area contributed by atoms with Gasteiger partial charge in [-0.05, 0) is 18.2 Å². The first-order chi connectivity index (χ1) is 10.4. The molecule has 2 rings (SSSR count). The lowest BCUT2D eigenvalue weighted by atomic mass is 10.0. The van der Waals surface area contributed by atoms with Gasteiger partial charge in [-0.2, -0.15) is 0 Å². The summed E-state index contributed by atoms with van der Waals surface area (Å²) >= 11 is 0. The van der Waals surface area contributed by atoms with Crippen LogP contribution in [0.5, 0.6) is 0 Å². The fourth-order valence-corrected chi connectivity index (χ4v) is 1.86. The molecule has 0 saturated carbocycles. The third-order valence-electron chi connectivity index (χ3n) is 2.77. The average molecular weight is 303 g/mol. The highest BCUT2D eigenvalue weighted by Gasteiger charge is 2.24. The summed E-state index contributed by atoms with van der Waals surface area (Å²) in [6.07, 6.45) is 0. The van der Waals surface area contributed by atoms with Crippen LogP contribution in [0.2, 0.25) is 0 Å². The molecule has 0 radical (unpaired) electrons. The zero-order valence-corrected chi connectivity index (χ0v) is 10.9. The van der Waals surface area contributed by atoms with Gasteiger partial charge in [0.05, 0.1) is 10.9 Å². The Balaban J connectivity index is 2.48. The molecule has 0 fully saturated rings. The highest BCUT2D eigenvalue weighted by atomic mass is 19.1. The summed E-state index contributed by atoms with van der Waals surface area (Å²) < 4.78 is 13.1. The number of hydrogen-bond acceptors (Lipinski definition) is 5. The Kier molecular flexibility index (Phi) is 4.12. The van der Waals surface area contributed by atoms with Crippen LogP contribution in [0.3, 0.4) is 0 Å². The van der Waals surface area contributed by atoms with Gasteiger partial charge in [-0.1, -0.05) is 18.2 Å². The quantitative estimate of drug-likeness (QED) is 0.676. The van der Waals surface area contributed by atoms with E-state index < -0.39 is 39.4 Å². The summed E-state index contributed by atoms with van der Waals surface area (Å²) in [5, 5.41) is 24.2. The molecule has 2 aromatic rings. The summed E-state index contributed by atoms with van der Waals surface area (Å²) in [6.45, 7) is 0. The number of benzene rings is 2. The molecule has 0 saturated heterocycles. The molecule has 0 aliphatic heterocycles. The van der Waals surface area contributed by atoms with Crippen LogP contribution in [0.25, 0.3) is 0 Å². The first-order valence-electron chi connectivity index (χ1n) is 5.96. The Morgan fingerprint density at radius 1 is 1.14 bits per heavy atom. The van der Waals surface area contributed by atoms with Crippen LogP contribution in [-0.4, -0.2) is 16.8 Å². The van der Waals surface area contributed by atoms with Gasteiger partial charge >= 0.3 is 0 Å². The van der Waals surface area contributed by atoms with Crippen molar-refractivity contribution in [2.24, 2.45) is 0 Å². The van der Waals surface area contributed by atoms with E-state index in [1.807, 2.05) is 0 Å². The van der Waals surface area contributed by atoms with Crippen molar-refractivity contribution < 1.29 is 24.0 Å². The molecular formula is C14H8FN2O5-. The van der Waals surface area contributed by atoms with E-state index in [2.05, 4.69) is 5.32 Å². The molecule has 112 valence electrons. The minimum atomic E-state index is -1.73. The number of amides is 1.